The average molecular weight is 275 g/mol. The molecule has 0 radical (unpaired) electrons. The summed E-state index contributed by atoms with van der Waals surface area (Å²) in [6, 6.07) is 5.94. The number of anilines is 3. The summed E-state index contributed by atoms with van der Waals surface area (Å²) in [5.41, 5.74) is 7.46. The van der Waals surface area contributed by atoms with E-state index >= 15 is 0 Å². The number of aromatic nitrogens is 3. The summed E-state index contributed by atoms with van der Waals surface area (Å²) < 4.78 is 10.5. The Kier molecular flexibility index (Phi) is 4.19. The monoisotopic (exact) mass is 275 g/mol. The van der Waals surface area contributed by atoms with E-state index in [1.165, 1.54) is 0 Å². The fourth-order valence-corrected chi connectivity index (χ4v) is 1.66. The Labute approximate surface area is 117 Å². The van der Waals surface area contributed by atoms with Gasteiger partial charge in [-0.2, -0.15) is 15.0 Å². The van der Waals surface area contributed by atoms with Crippen LogP contribution >= 0.6 is 0 Å². The van der Waals surface area contributed by atoms with Crippen LogP contribution in [0.2, 0.25) is 0 Å². The lowest BCUT2D eigenvalue weighted by Crippen LogP contribution is -2.07. The number of hydrogen-bond donors (Lipinski definition) is 2. The number of methoxy groups -OCH3 is 1. The van der Waals surface area contributed by atoms with Crippen LogP contribution in [0.1, 0.15) is 12.5 Å². The van der Waals surface area contributed by atoms with Crippen LogP contribution in [0.15, 0.2) is 18.2 Å². The van der Waals surface area contributed by atoms with Gasteiger partial charge in [0.15, 0.2) is 0 Å². The molecular weight excluding hydrogens is 258 g/mol. The first-order chi connectivity index (χ1) is 9.62. The molecule has 20 heavy (non-hydrogen) atoms. The predicted molar refractivity (Wildman–Crippen MR) is 76.4 cm³/mol. The molecule has 1 heterocycles. The Morgan fingerprint density at radius 3 is 2.75 bits per heavy atom. The minimum atomic E-state index is 0.0950. The molecule has 2 aromatic rings. The van der Waals surface area contributed by atoms with Gasteiger partial charge in [0.25, 0.3) is 0 Å². The number of benzene rings is 1. The molecule has 106 valence electrons. The van der Waals surface area contributed by atoms with E-state index in [9.17, 15) is 0 Å². The Morgan fingerprint density at radius 2 is 2.05 bits per heavy atom. The van der Waals surface area contributed by atoms with Crippen molar-refractivity contribution in [1.82, 2.24) is 15.0 Å². The summed E-state index contributed by atoms with van der Waals surface area (Å²) in [6.45, 7) is 4.28. The standard InChI is InChI=1S/C13H17N5O2/c1-4-20-13-17-11(14)16-12(18-13)15-9-7-8(2)5-6-10(9)19-3/h5-7H,4H2,1-3H3,(H3,14,15,16,17,18). The van der Waals surface area contributed by atoms with Crippen molar-refractivity contribution in [2.45, 2.75) is 13.8 Å². The lowest BCUT2D eigenvalue weighted by molar-refractivity contribution is 0.312. The molecule has 0 aliphatic heterocycles. The van der Waals surface area contributed by atoms with E-state index in [0.29, 0.717) is 18.3 Å². The Hall–Kier alpha value is -2.57. The molecule has 0 aliphatic carbocycles. The third-order valence-corrected chi connectivity index (χ3v) is 2.51. The third kappa shape index (κ3) is 3.25. The highest BCUT2D eigenvalue weighted by Crippen LogP contribution is 2.27. The SMILES string of the molecule is CCOc1nc(N)nc(Nc2cc(C)ccc2OC)n1. The fraction of sp³-hybridized carbons (Fsp3) is 0.308. The second kappa shape index (κ2) is 6.05. The fourth-order valence-electron chi connectivity index (χ4n) is 1.66. The van der Waals surface area contributed by atoms with Crippen LogP contribution in [0.5, 0.6) is 11.8 Å². The van der Waals surface area contributed by atoms with Crippen LogP contribution in [0, 0.1) is 6.92 Å². The van der Waals surface area contributed by atoms with Gasteiger partial charge < -0.3 is 20.5 Å². The Morgan fingerprint density at radius 1 is 1.25 bits per heavy atom. The van der Waals surface area contributed by atoms with E-state index in [2.05, 4.69) is 20.3 Å². The number of nitrogens with zero attached hydrogens (tertiary/aromatic N) is 3. The second-order valence-electron chi connectivity index (χ2n) is 4.06. The highest BCUT2D eigenvalue weighted by atomic mass is 16.5. The van der Waals surface area contributed by atoms with Gasteiger partial charge in [-0.1, -0.05) is 6.07 Å². The van der Waals surface area contributed by atoms with Crippen LogP contribution < -0.4 is 20.5 Å². The molecule has 0 amide bonds. The van der Waals surface area contributed by atoms with Crippen LogP contribution in [0.25, 0.3) is 0 Å². The van der Waals surface area contributed by atoms with Crippen molar-refractivity contribution in [1.29, 1.82) is 0 Å². The molecule has 1 aromatic carbocycles. The molecule has 3 N–H and O–H groups in total. The van der Waals surface area contributed by atoms with Gasteiger partial charge in [0.2, 0.25) is 11.9 Å². The normalized spacial score (nSPS) is 10.2. The minimum absolute atomic E-state index is 0.0950. The quantitative estimate of drug-likeness (QED) is 0.860. The number of aryl methyl sites for hydroxylation is 1. The maximum Gasteiger partial charge on any atom is 0.323 e. The van der Waals surface area contributed by atoms with Crippen molar-refractivity contribution in [3.8, 4) is 11.8 Å². The molecule has 0 saturated heterocycles. The van der Waals surface area contributed by atoms with Gasteiger partial charge in [0.05, 0.1) is 19.4 Å². The smallest absolute Gasteiger partial charge is 0.323 e. The van der Waals surface area contributed by atoms with Gasteiger partial charge in [-0.15, -0.1) is 0 Å². The maximum absolute atomic E-state index is 5.63. The maximum atomic E-state index is 5.63. The first-order valence-corrected chi connectivity index (χ1v) is 6.18. The van der Waals surface area contributed by atoms with Crippen LogP contribution in [0.4, 0.5) is 17.6 Å². The summed E-state index contributed by atoms with van der Waals surface area (Å²) in [7, 11) is 1.60. The molecule has 7 heteroatoms. The summed E-state index contributed by atoms with van der Waals surface area (Å²) in [5, 5.41) is 3.06. The number of nitrogens with one attached hydrogen (secondary N) is 1. The number of hydrogen-bond acceptors (Lipinski definition) is 7. The molecule has 7 nitrogen and oxygen atoms in total. The number of nitrogen functional groups attached to an aromatic ring is 1. The first-order valence-electron chi connectivity index (χ1n) is 6.18. The molecule has 1 aromatic heterocycles. The molecular formula is C13H17N5O2. The van der Waals surface area contributed by atoms with Crippen molar-refractivity contribution in [2.24, 2.45) is 0 Å². The van der Waals surface area contributed by atoms with E-state index in [4.69, 9.17) is 15.2 Å². The largest absolute Gasteiger partial charge is 0.495 e. The number of nitrogens with two attached hydrogens (primary N) is 1. The summed E-state index contributed by atoms with van der Waals surface area (Å²) in [4.78, 5) is 12.0. The lowest BCUT2D eigenvalue weighted by atomic mass is 10.2. The minimum Gasteiger partial charge on any atom is -0.495 e. The van der Waals surface area contributed by atoms with Gasteiger partial charge in [0, 0.05) is 0 Å². The number of ether oxygens (including phenoxy) is 2. The zero-order chi connectivity index (χ0) is 14.5. The van der Waals surface area contributed by atoms with Gasteiger partial charge in [-0.05, 0) is 31.5 Å². The van der Waals surface area contributed by atoms with Crippen LogP contribution in [-0.4, -0.2) is 28.7 Å². The van der Waals surface area contributed by atoms with E-state index in [1.54, 1.807) is 7.11 Å². The van der Waals surface area contributed by atoms with Crippen molar-refractivity contribution >= 4 is 17.6 Å². The predicted octanol–water partition coefficient (Wildman–Crippen LogP) is 1.91. The molecule has 0 spiro atoms. The molecule has 0 bridgehead atoms. The zero-order valence-electron chi connectivity index (χ0n) is 11.7. The van der Waals surface area contributed by atoms with Crippen molar-refractivity contribution < 1.29 is 9.47 Å². The van der Waals surface area contributed by atoms with Gasteiger partial charge >= 0.3 is 6.01 Å². The topological polar surface area (TPSA) is 95.2 Å². The van der Waals surface area contributed by atoms with E-state index in [0.717, 1.165) is 11.3 Å². The van der Waals surface area contributed by atoms with E-state index in [1.807, 2.05) is 32.0 Å². The van der Waals surface area contributed by atoms with Crippen molar-refractivity contribution in [3.05, 3.63) is 23.8 Å². The summed E-state index contributed by atoms with van der Waals surface area (Å²) >= 11 is 0. The average Bonchev–Trinajstić information content (AvgIpc) is 2.38. The van der Waals surface area contributed by atoms with Crippen LogP contribution in [-0.2, 0) is 0 Å². The molecule has 0 fully saturated rings. The number of rotatable bonds is 5. The van der Waals surface area contributed by atoms with E-state index in [-0.39, 0.29) is 12.0 Å². The van der Waals surface area contributed by atoms with Crippen LogP contribution in [0.3, 0.4) is 0 Å². The molecule has 2 rings (SSSR count). The Balaban J connectivity index is 2.31. The molecule has 0 unspecified atom stereocenters. The molecule has 0 atom stereocenters. The van der Waals surface area contributed by atoms with Gasteiger partial charge in [-0.25, -0.2) is 0 Å². The lowest BCUT2D eigenvalue weighted by Gasteiger charge is -2.11. The highest BCUT2D eigenvalue weighted by Gasteiger charge is 2.08. The van der Waals surface area contributed by atoms with Gasteiger partial charge in [0.1, 0.15) is 5.75 Å². The summed E-state index contributed by atoms with van der Waals surface area (Å²) in [6.07, 6.45) is 0. The van der Waals surface area contributed by atoms with E-state index < -0.39 is 0 Å². The molecule has 0 saturated carbocycles. The van der Waals surface area contributed by atoms with Gasteiger partial charge in [-0.3, -0.25) is 0 Å². The third-order valence-electron chi connectivity index (χ3n) is 2.51. The van der Waals surface area contributed by atoms with Crippen molar-refractivity contribution in [3.63, 3.8) is 0 Å². The highest BCUT2D eigenvalue weighted by molar-refractivity contribution is 5.64. The first kappa shape index (κ1) is 13.9. The molecule has 0 aliphatic rings. The van der Waals surface area contributed by atoms with Crippen molar-refractivity contribution in [2.75, 3.05) is 24.8 Å². The Bertz CT molecular complexity index is 603. The zero-order valence-corrected chi connectivity index (χ0v) is 11.7. The second-order valence-corrected chi connectivity index (χ2v) is 4.06. The summed E-state index contributed by atoms with van der Waals surface area (Å²) in [5.74, 6) is 1.09.